The van der Waals surface area contributed by atoms with E-state index in [9.17, 15) is 18.0 Å². The molecule has 0 amide bonds. The van der Waals surface area contributed by atoms with Crippen molar-refractivity contribution in [3.63, 3.8) is 0 Å². The van der Waals surface area contributed by atoms with Gasteiger partial charge in [-0.3, -0.25) is 0 Å². The van der Waals surface area contributed by atoms with E-state index in [-0.39, 0.29) is 11.8 Å². The maximum Gasteiger partial charge on any atom is 0.443 e. The lowest BCUT2D eigenvalue weighted by Gasteiger charge is -2.62. The summed E-state index contributed by atoms with van der Waals surface area (Å²) in [7, 11) is 0. The molecule has 0 N–H and O–H groups in total. The molecule has 27 heavy (non-hydrogen) atoms. The first-order chi connectivity index (χ1) is 12.6. The van der Waals surface area contributed by atoms with Crippen LogP contribution in [0, 0.1) is 23.7 Å². The highest BCUT2D eigenvalue weighted by molar-refractivity contribution is 5.50. The molecule has 1 saturated carbocycles. The van der Waals surface area contributed by atoms with Crippen molar-refractivity contribution >= 4 is 6.29 Å². The van der Waals surface area contributed by atoms with Crippen LogP contribution in [0.5, 0.6) is 0 Å². The predicted octanol–water partition coefficient (Wildman–Crippen LogP) is 3.34. The Balaban J connectivity index is 1.83. The number of ether oxygens (including phenoxy) is 3. The Kier molecular flexibility index (Phi) is 4.44. The molecule has 0 aromatic carbocycles. The fraction of sp³-hybridized carbons (Fsp3) is 0.944. The van der Waals surface area contributed by atoms with Gasteiger partial charge >= 0.3 is 6.18 Å². The smallest absolute Gasteiger partial charge is 0.335 e. The van der Waals surface area contributed by atoms with Crippen LogP contribution in [0.25, 0.3) is 0 Å². The highest BCUT2D eigenvalue weighted by Gasteiger charge is 2.77. The zero-order chi connectivity index (χ0) is 19.7. The summed E-state index contributed by atoms with van der Waals surface area (Å²) < 4.78 is 59.1. The van der Waals surface area contributed by atoms with E-state index in [4.69, 9.17) is 24.0 Å². The lowest BCUT2D eigenvalue weighted by Crippen LogP contribution is -2.76. The Morgan fingerprint density at radius 3 is 2.52 bits per heavy atom. The SMILES string of the molecule is C[C@@H]1CC[C@H]2[C@@H](C)[C@](OCC=O)(C(F)(F)F)OC3O[C@]4(C)CC[C@@H]1[C@]32OO4. The Bertz CT molecular complexity index is 614. The number of hydrogen-bond donors (Lipinski definition) is 0. The van der Waals surface area contributed by atoms with Gasteiger partial charge in [0.1, 0.15) is 12.9 Å². The summed E-state index contributed by atoms with van der Waals surface area (Å²) in [5, 5.41) is 0. The zero-order valence-corrected chi connectivity index (χ0v) is 15.6. The van der Waals surface area contributed by atoms with Crippen LogP contribution in [0.15, 0.2) is 0 Å². The first kappa shape index (κ1) is 19.6. The van der Waals surface area contributed by atoms with Crippen molar-refractivity contribution in [3.05, 3.63) is 0 Å². The molecular weight excluding hydrogens is 369 g/mol. The van der Waals surface area contributed by atoms with E-state index in [1.165, 1.54) is 6.92 Å². The average molecular weight is 394 g/mol. The standard InChI is InChI=1S/C18H25F3O6/c1-10-4-5-13-11(2)17(18(19,20)21,23-9-8-22)25-14-16(13)12(10)6-7-15(3,24-14)26-27-16/h8,10-14H,4-7,9H2,1-3H3/t10-,11-,12+,13+,14?,15+,16-,17-/m1/s1. The van der Waals surface area contributed by atoms with Crippen molar-refractivity contribution in [2.75, 3.05) is 6.61 Å². The van der Waals surface area contributed by atoms with Crippen LogP contribution in [0.4, 0.5) is 13.2 Å². The molecule has 154 valence electrons. The third-order valence-electron chi connectivity index (χ3n) is 7.02. The molecule has 8 atom stereocenters. The minimum Gasteiger partial charge on any atom is -0.335 e. The fourth-order valence-electron chi connectivity index (χ4n) is 5.65. The predicted molar refractivity (Wildman–Crippen MR) is 83.8 cm³/mol. The van der Waals surface area contributed by atoms with Gasteiger partial charge in [0.2, 0.25) is 5.79 Å². The molecule has 0 aromatic heterocycles. The summed E-state index contributed by atoms with van der Waals surface area (Å²) in [5.41, 5.74) is -1.12. The van der Waals surface area contributed by atoms with Gasteiger partial charge in [-0.2, -0.15) is 13.2 Å². The van der Waals surface area contributed by atoms with Gasteiger partial charge < -0.3 is 19.0 Å². The molecule has 6 nitrogen and oxygen atoms in total. The summed E-state index contributed by atoms with van der Waals surface area (Å²) in [6.07, 6.45) is -3.35. The maximum atomic E-state index is 14.2. The molecule has 9 heteroatoms. The monoisotopic (exact) mass is 394 g/mol. The first-order valence-electron chi connectivity index (χ1n) is 9.46. The van der Waals surface area contributed by atoms with Crippen LogP contribution in [-0.4, -0.2) is 42.5 Å². The van der Waals surface area contributed by atoms with Crippen LogP contribution in [0.1, 0.15) is 46.5 Å². The Labute approximate surface area is 155 Å². The van der Waals surface area contributed by atoms with Gasteiger partial charge in [0.05, 0.1) is 0 Å². The van der Waals surface area contributed by atoms with E-state index in [1.807, 2.05) is 0 Å². The lowest BCUT2D eigenvalue weighted by molar-refractivity contribution is -0.598. The lowest BCUT2D eigenvalue weighted by atomic mass is 9.57. The number of hydrogen-bond acceptors (Lipinski definition) is 6. The second-order valence-corrected chi connectivity index (χ2v) is 8.46. The van der Waals surface area contributed by atoms with Crippen LogP contribution in [0.2, 0.25) is 0 Å². The number of carbonyl (C=O) groups excluding carboxylic acids is 1. The van der Waals surface area contributed by atoms with E-state index in [0.717, 1.165) is 12.8 Å². The van der Waals surface area contributed by atoms with Gasteiger partial charge in [-0.05, 0) is 38.0 Å². The van der Waals surface area contributed by atoms with E-state index in [0.29, 0.717) is 19.1 Å². The van der Waals surface area contributed by atoms with Gasteiger partial charge in [0.25, 0.3) is 5.79 Å². The number of rotatable bonds is 3. The van der Waals surface area contributed by atoms with Crippen molar-refractivity contribution in [2.45, 2.75) is 76.1 Å². The number of halogens is 3. The van der Waals surface area contributed by atoms with E-state index < -0.39 is 48.1 Å². The Morgan fingerprint density at radius 2 is 1.85 bits per heavy atom. The van der Waals surface area contributed by atoms with Crippen molar-refractivity contribution < 1.29 is 42.0 Å². The Hall–Kier alpha value is -0.740. The summed E-state index contributed by atoms with van der Waals surface area (Å²) in [6.45, 7) is 4.45. The van der Waals surface area contributed by atoms with E-state index in [2.05, 4.69) is 6.92 Å². The minimum absolute atomic E-state index is 0.0506. The third-order valence-corrected chi connectivity index (χ3v) is 7.02. The molecule has 4 saturated heterocycles. The molecule has 4 aliphatic heterocycles. The van der Waals surface area contributed by atoms with Gasteiger partial charge in [0, 0.05) is 18.3 Å². The molecule has 0 aromatic rings. The van der Waals surface area contributed by atoms with Crippen molar-refractivity contribution in [3.8, 4) is 0 Å². The van der Waals surface area contributed by atoms with E-state index >= 15 is 0 Å². The van der Waals surface area contributed by atoms with Crippen LogP contribution in [0.3, 0.4) is 0 Å². The second kappa shape index (κ2) is 6.13. The molecule has 0 radical (unpaired) electrons. The van der Waals surface area contributed by atoms with Crippen molar-refractivity contribution in [1.82, 2.24) is 0 Å². The van der Waals surface area contributed by atoms with Gasteiger partial charge in [-0.25, -0.2) is 9.78 Å². The van der Waals surface area contributed by atoms with Crippen LogP contribution in [-0.2, 0) is 28.8 Å². The van der Waals surface area contributed by atoms with E-state index in [1.54, 1.807) is 6.92 Å². The minimum atomic E-state index is -4.84. The first-order valence-corrected chi connectivity index (χ1v) is 9.46. The molecule has 2 bridgehead atoms. The fourth-order valence-corrected chi connectivity index (χ4v) is 5.65. The molecule has 5 rings (SSSR count). The number of aldehydes is 1. The van der Waals surface area contributed by atoms with Gasteiger partial charge in [0.15, 0.2) is 11.9 Å². The topological polar surface area (TPSA) is 63.2 Å². The highest BCUT2D eigenvalue weighted by atomic mass is 19.4. The molecule has 4 heterocycles. The number of carbonyl (C=O) groups is 1. The third kappa shape index (κ3) is 2.55. The molecule has 1 spiro atoms. The summed E-state index contributed by atoms with van der Waals surface area (Å²) in [6, 6.07) is 0. The molecule has 5 aliphatic rings. The summed E-state index contributed by atoms with van der Waals surface area (Å²) in [5.74, 6) is -5.57. The van der Waals surface area contributed by atoms with Gasteiger partial charge in [-0.1, -0.05) is 13.8 Å². The second-order valence-electron chi connectivity index (χ2n) is 8.46. The zero-order valence-electron chi connectivity index (χ0n) is 15.6. The maximum absolute atomic E-state index is 14.2. The highest BCUT2D eigenvalue weighted by Crippen LogP contribution is 2.64. The van der Waals surface area contributed by atoms with Crippen molar-refractivity contribution in [1.29, 1.82) is 0 Å². The molecule has 1 aliphatic carbocycles. The molecular formula is C18H25F3O6. The number of fused-ring (bicyclic) bond motifs is 2. The summed E-state index contributed by atoms with van der Waals surface area (Å²) in [4.78, 5) is 22.2. The largest absolute Gasteiger partial charge is 0.443 e. The molecule has 1 unspecified atom stereocenters. The number of alkyl halides is 3. The van der Waals surface area contributed by atoms with Crippen LogP contribution >= 0.6 is 0 Å². The Morgan fingerprint density at radius 1 is 1.11 bits per heavy atom. The summed E-state index contributed by atoms with van der Waals surface area (Å²) >= 11 is 0. The van der Waals surface area contributed by atoms with Crippen LogP contribution < -0.4 is 0 Å². The average Bonchev–Trinajstić information content (AvgIpc) is 2.82. The van der Waals surface area contributed by atoms with Crippen molar-refractivity contribution in [2.24, 2.45) is 23.7 Å². The molecule has 5 fully saturated rings. The quantitative estimate of drug-likeness (QED) is 0.540. The normalized spacial score (nSPS) is 52.1. The van der Waals surface area contributed by atoms with Gasteiger partial charge in [-0.15, -0.1) is 0 Å².